The number of guanidine groups is 1. The first-order chi connectivity index (χ1) is 12.7. The van der Waals surface area contributed by atoms with Gasteiger partial charge < -0.3 is 25.8 Å². The molecule has 1 aliphatic heterocycles. The van der Waals surface area contributed by atoms with E-state index in [0.717, 1.165) is 29.2 Å². The molecule has 0 unspecified atom stereocenters. The molecule has 2 aromatic carbocycles. The van der Waals surface area contributed by atoms with E-state index in [1.807, 2.05) is 30.3 Å². The van der Waals surface area contributed by atoms with Crippen LogP contribution in [0.2, 0.25) is 0 Å². The summed E-state index contributed by atoms with van der Waals surface area (Å²) in [5.41, 5.74) is 7.60. The minimum Gasteiger partial charge on any atom is -0.490 e. The maximum atomic E-state index is 11.1. The summed E-state index contributed by atoms with van der Waals surface area (Å²) in [6, 6.07) is 12.8. The summed E-state index contributed by atoms with van der Waals surface area (Å²) in [6.07, 6.45) is 0.870. The molecule has 0 aliphatic carbocycles. The summed E-state index contributed by atoms with van der Waals surface area (Å²) in [6.45, 7) is 1.87. The van der Waals surface area contributed by atoms with Crippen molar-refractivity contribution in [1.29, 1.82) is 0 Å². The van der Waals surface area contributed by atoms with Crippen molar-refractivity contribution in [3.8, 4) is 11.5 Å². The predicted octanol–water partition coefficient (Wildman–Crippen LogP) is 2.75. The second-order valence-corrected chi connectivity index (χ2v) is 5.82. The number of amides is 1. The lowest BCUT2D eigenvalue weighted by molar-refractivity contribution is 0.100. The first-order valence-electron chi connectivity index (χ1n) is 8.42. The van der Waals surface area contributed by atoms with Gasteiger partial charge in [-0.2, -0.15) is 0 Å². The Hall–Kier alpha value is -2.49. The van der Waals surface area contributed by atoms with Crippen molar-refractivity contribution in [3.05, 3.63) is 53.6 Å². The van der Waals surface area contributed by atoms with Gasteiger partial charge in [0.1, 0.15) is 0 Å². The molecule has 144 valence electrons. The molecule has 0 atom stereocenters. The quantitative estimate of drug-likeness (QED) is 0.354. The SMILES string of the molecule is CN=C(NCc1ccc(C(N)=O)cc1)Nc1ccc2c(c1)OCCCO2.I. The van der Waals surface area contributed by atoms with Crippen LogP contribution in [0.4, 0.5) is 5.69 Å². The number of halogens is 1. The number of primary amides is 1. The highest BCUT2D eigenvalue weighted by atomic mass is 127. The van der Waals surface area contributed by atoms with Gasteiger partial charge in [0.05, 0.1) is 13.2 Å². The fourth-order valence-corrected chi connectivity index (χ4v) is 2.53. The van der Waals surface area contributed by atoms with E-state index in [1.54, 1.807) is 19.2 Å². The van der Waals surface area contributed by atoms with Gasteiger partial charge in [-0.15, -0.1) is 24.0 Å². The molecule has 0 saturated carbocycles. The van der Waals surface area contributed by atoms with Crippen LogP contribution in [0.5, 0.6) is 11.5 Å². The summed E-state index contributed by atoms with van der Waals surface area (Å²) >= 11 is 0. The minimum atomic E-state index is -0.434. The van der Waals surface area contributed by atoms with E-state index in [9.17, 15) is 4.79 Å². The van der Waals surface area contributed by atoms with Crippen LogP contribution >= 0.6 is 24.0 Å². The monoisotopic (exact) mass is 482 g/mol. The summed E-state index contributed by atoms with van der Waals surface area (Å²) in [5.74, 6) is 1.67. The molecule has 7 nitrogen and oxygen atoms in total. The van der Waals surface area contributed by atoms with Gasteiger partial charge in [0.25, 0.3) is 0 Å². The van der Waals surface area contributed by atoms with E-state index in [-0.39, 0.29) is 24.0 Å². The number of nitrogens with two attached hydrogens (primary N) is 1. The Morgan fingerprint density at radius 1 is 1.11 bits per heavy atom. The van der Waals surface area contributed by atoms with E-state index in [4.69, 9.17) is 15.2 Å². The number of aliphatic imine (C=N–C) groups is 1. The third-order valence-corrected chi connectivity index (χ3v) is 3.93. The van der Waals surface area contributed by atoms with Crippen molar-refractivity contribution in [1.82, 2.24) is 5.32 Å². The molecule has 0 spiro atoms. The van der Waals surface area contributed by atoms with E-state index in [2.05, 4.69) is 15.6 Å². The van der Waals surface area contributed by atoms with Crippen molar-refractivity contribution in [2.75, 3.05) is 25.6 Å². The molecule has 0 fully saturated rings. The summed E-state index contributed by atoms with van der Waals surface area (Å²) in [4.78, 5) is 15.3. The smallest absolute Gasteiger partial charge is 0.248 e. The highest BCUT2D eigenvalue weighted by molar-refractivity contribution is 14.0. The molecule has 0 radical (unpaired) electrons. The second-order valence-electron chi connectivity index (χ2n) is 5.82. The fourth-order valence-electron chi connectivity index (χ4n) is 2.53. The third kappa shape index (κ3) is 5.75. The molecule has 27 heavy (non-hydrogen) atoms. The van der Waals surface area contributed by atoms with Gasteiger partial charge in [-0.1, -0.05) is 12.1 Å². The first-order valence-corrected chi connectivity index (χ1v) is 8.42. The Kier molecular flexibility index (Phi) is 7.71. The van der Waals surface area contributed by atoms with Crippen LogP contribution in [0.1, 0.15) is 22.3 Å². The largest absolute Gasteiger partial charge is 0.490 e. The Bertz CT molecular complexity index is 809. The van der Waals surface area contributed by atoms with Gasteiger partial charge in [-0.25, -0.2) is 0 Å². The third-order valence-electron chi connectivity index (χ3n) is 3.93. The Labute approximate surface area is 175 Å². The lowest BCUT2D eigenvalue weighted by Gasteiger charge is -2.14. The highest BCUT2D eigenvalue weighted by Gasteiger charge is 2.11. The highest BCUT2D eigenvalue weighted by Crippen LogP contribution is 2.32. The molecule has 3 rings (SSSR count). The maximum absolute atomic E-state index is 11.1. The molecule has 8 heteroatoms. The zero-order chi connectivity index (χ0) is 18.4. The van der Waals surface area contributed by atoms with E-state index in [0.29, 0.717) is 31.3 Å². The van der Waals surface area contributed by atoms with Crippen molar-refractivity contribution in [2.45, 2.75) is 13.0 Å². The molecular formula is C19H23IN4O3. The van der Waals surface area contributed by atoms with Gasteiger partial charge in [0.15, 0.2) is 17.5 Å². The van der Waals surface area contributed by atoms with Crippen molar-refractivity contribution in [2.24, 2.45) is 10.7 Å². The number of hydrogen-bond donors (Lipinski definition) is 3. The number of hydrogen-bond acceptors (Lipinski definition) is 4. The zero-order valence-corrected chi connectivity index (χ0v) is 17.4. The number of rotatable bonds is 4. The van der Waals surface area contributed by atoms with Crippen LogP contribution in [0, 0.1) is 0 Å². The molecule has 4 N–H and O–H groups in total. The van der Waals surface area contributed by atoms with Gasteiger partial charge in [0, 0.05) is 37.3 Å². The number of carbonyl (C=O) groups excluding carboxylic acids is 1. The molecular weight excluding hydrogens is 459 g/mol. The number of nitrogens with zero attached hydrogens (tertiary/aromatic N) is 1. The van der Waals surface area contributed by atoms with Crippen LogP contribution in [0.15, 0.2) is 47.5 Å². The van der Waals surface area contributed by atoms with Gasteiger partial charge in [0.2, 0.25) is 5.91 Å². The standard InChI is InChI=1S/C19H22N4O3.HI/c1-21-19(22-12-13-3-5-14(6-4-13)18(20)24)23-15-7-8-16-17(11-15)26-10-2-9-25-16;/h3-8,11H,2,9-10,12H2,1H3,(H2,20,24)(H2,21,22,23);1H. The first kappa shape index (κ1) is 20.8. The van der Waals surface area contributed by atoms with Crippen molar-refractivity contribution in [3.63, 3.8) is 0 Å². The summed E-state index contributed by atoms with van der Waals surface area (Å²) < 4.78 is 11.3. The Balaban J connectivity index is 0.00000261. The van der Waals surface area contributed by atoms with E-state index in [1.165, 1.54) is 0 Å². The summed E-state index contributed by atoms with van der Waals surface area (Å²) in [5, 5.41) is 6.45. The van der Waals surface area contributed by atoms with Crippen LogP contribution < -0.4 is 25.8 Å². The van der Waals surface area contributed by atoms with Crippen LogP contribution in [0.25, 0.3) is 0 Å². The van der Waals surface area contributed by atoms with Gasteiger partial charge in [-0.3, -0.25) is 9.79 Å². The molecule has 1 amide bonds. The topological polar surface area (TPSA) is 98.0 Å². The molecule has 2 aromatic rings. The van der Waals surface area contributed by atoms with Crippen LogP contribution in [0.3, 0.4) is 0 Å². The zero-order valence-electron chi connectivity index (χ0n) is 15.0. The normalized spacial score (nSPS) is 13.1. The van der Waals surface area contributed by atoms with Crippen molar-refractivity contribution < 1.29 is 14.3 Å². The average molecular weight is 482 g/mol. The second kappa shape index (κ2) is 10.0. The molecule has 1 heterocycles. The number of ether oxygens (including phenoxy) is 2. The predicted molar refractivity (Wildman–Crippen MR) is 116 cm³/mol. The number of anilines is 1. The maximum Gasteiger partial charge on any atom is 0.248 e. The van der Waals surface area contributed by atoms with Gasteiger partial charge >= 0.3 is 0 Å². The Morgan fingerprint density at radius 3 is 2.48 bits per heavy atom. The fraction of sp³-hybridized carbons (Fsp3) is 0.263. The van der Waals surface area contributed by atoms with Crippen molar-refractivity contribution >= 4 is 41.5 Å². The van der Waals surface area contributed by atoms with E-state index >= 15 is 0 Å². The number of benzene rings is 2. The number of nitrogens with one attached hydrogen (secondary N) is 2. The Morgan fingerprint density at radius 2 is 1.81 bits per heavy atom. The minimum absolute atomic E-state index is 0. The van der Waals surface area contributed by atoms with Crippen LogP contribution in [-0.4, -0.2) is 32.1 Å². The number of carbonyl (C=O) groups is 1. The average Bonchev–Trinajstić information content (AvgIpc) is 2.90. The summed E-state index contributed by atoms with van der Waals surface area (Å²) in [7, 11) is 1.70. The molecule has 0 saturated heterocycles. The molecule has 1 aliphatic rings. The van der Waals surface area contributed by atoms with Crippen LogP contribution in [-0.2, 0) is 6.54 Å². The lowest BCUT2D eigenvalue weighted by Crippen LogP contribution is -2.30. The van der Waals surface area contributed by atoms with E-state index < -0.39 is 5.91 Å². The van der Waals surface area contributed by atoms with Gasteiger partial charge in [-0.05, 0) is 29.8 Å². The lowest BCUT2D eigenvalue weighted by atomic mass is 10.1. The molecule has 0 bridgehead atoms. The molecule has 0 aromatic heterocycles. The number of fused-ring (bicyclic) bond motifs is 1.